The molecule has 1 atom stereocenters. The quantitative estimate of drug-likeness (QED) is 0.896. The maximum absolute atomic E-state index is 12.7. The number of H-pyrrole nitrogens is 1. The van der Waals surface area contributed by atoms with Gasteiger partial charge in [0.05, 0.1) is 19.7 Å². The lowest BCUT2D eigenvalue weighted by atomic mass is 9.82. The van der Waals surface area contributed by atoms with Crippen molar-refractivity contribution in [3.8, 4) is 0 Å². The van der Waals surface area contributed by atoms with Gasteiger partial charge >= 0.3 is 0 Å². The second-order valence-electron chi connectivity index (χ2n) is 7.82. The van der Waals surface area contributed by atoms with Crippen LogP contribution in [0.25, 0.3) is 10.9 Å². The van der Waals surface area contributed by atoms with Gasteiger partial charge in [0, 0.05) is 17.4 Å². The zero-order valence-corrected chi connectivity index (χ0v) is 15.8. The molecule has 1 aromatic heterocycles. The summed E-state index contributed by atoms with van der Waals surface area (Å²) in [6.07, 6.45) is 2.26. The molecule has 0 aliphatic carbocycles. The second kappa shape index (κ2) is 7.05. The van der Waals surface area contributed by atoms with Gasteiger partial charge in [-0.3, -0.25) is 4.79 Å². The highest BCUT2D eigenvalue weighted by Crippen LogP contribution is 2.37. The lowest BCUT2D eigenvalue weighted by Gasteiger charge is -2.52. The summed E-state index contributed by atoms with van der Waals surface area (Å²) in [6.45, 7) is 10.0. The number of hydrogen-bond acceptors (Lipinski definition) is 3. The van der Waals surface area contributed by atoms with Gasteiger partial charge in [-0.1, -0.05) is 32.0 Å². The van der Waals surface area contributed by atoms with E-state index in [1.54, 1.807) is 0 Å². The Balaban J connectivity index is 1.32. The molecule has 26 heavy (non-hydrogen) atoms. The van der Waals surface area contributed by atoms with Gasteiger partial charge < -0.3 is 19.5 Å². The molecule has 1 amide bonds. The van der Waals surface area contributed by atoms with E-state index < -0.39 is 0 Å². The molecule has 3 heterocycles. The van der Waals surface area contributed by atoms with Gasteiger partial charge in [0.2, 0.25) is 0 Å². The van der Waals surface area contributed by atoms with Crippen LogP contribution >= 0.6 is 0 Å². The Morgan fingerprint density at radius 2 is 2.08 bits per heavy atom. The molecule has 0 saturated carbocycles. The van der Waals surface area contributed by atoms with Gasteiger partial charge in [0.1, 0.15) is 11.3 Å². The zero-order chi connectivity index (χ0) is 18.1. The lowest BCUT2D eigenvalue weighted by Crippen LogP contribution is -2.66. The van der Waals surface area contributed by atoms with Crippen molar-refractivity contribution in [2.24, 2.45) is 5.92 Å². The van der Waals surface area contributed by atoms with Crippen molar-refractivity contribution in [3.63, 3.8) is 0 Å². The Kier molecular flexibility index (Phi) is 4.76. The summed E-state index contributed by atoms with van der Waals surface area (Å²) in [5.41, 5.74) is 1.59. The highest BCUT2D eigenvalue weighted by molar-refractivity contribution is 5.98. The van der Waals surface area contributed by atoms with Crippen LogP contribution in [0.3, 0.4) is 0 Å². The number of likely N-dealkylation sites (tertiary alicyclic amines) is 1. The number of nitrogens with one attached hydrogen (secondary N) is 1. The van der Waals surface area contributed by atoms with Crippen LogP contribution in [0.4, 0.5) is 0 Å². The Morgan fingerprint density at radius 3 is 2.73 bits per heavy atom. The normalized spacial score (nSPS) is 22.1. The summed E-state index contributed by atoms with van der Waals surface area (Å²) < 4.78 is 6.25. The summed E-state index contributed by atoms with van der Waals surface area (Å²) in [5, 5.41) is 1.08. The number of nitrogens with zero attached hydrogens (tertiary/aromatic N) is 2. The third-order valence-electron chi connectivity index (χ3n) is 6.05. The third kappa shape index (κ3) is 3.26. The molecule has 5 nitrogen and oxygen atoms in total. The number of carbonyl (C=O) groups is 1. The number of amides is 1. The first-order chi connectivity index (χ1) is 12.6. The number of aromatic amines is 1. The molecule has 1 unspecified atom stereocenters. The molecule has 0 radical (unpaired) electrons. The first-order valence-electron chi connectivity index (χ1n) is 9.86. The number of aromatic nitrogens is 1. The number of benzene rings is 1. The first-order valence-corrected chi connectivity index (χ1v) is 9.86. The largest absolute Gasteiger partial charge is 0.371 e. The third-order valence-corrected chi connectivity index (χ3v) is 6.05. The van der Waals surface area contributed by atoms with Crippen molar-refractivity contribution in [1.82, 2.24) is 14.8 Å². The Hall–Kier alpha value is -1.85. The van der Waals surface area contributed by atoms with Crippen LogP contribution in [0.15, 0.2) is 30.3 Å². The molecule has 5 heteroatoms. The molecule has 2 fully saturated rings. The van der Waals surface area contributed by atoms with Crippen molar-refractivity contribution in [2.75, 3.05) is 39.3 Å². The molecule has 1 aromatic carbocycles. The number of para-hydroxylation sites is 1. The van der Waals surface area contributed by atoms with Crippen LogP contribution < -0.4 is 0 Å². The fourth-order valence-corrected chi connectivity index (χ4v) is 4.31. The van der Waals surface area contributed by atoms with Crippen LogP contribution in [-0.2, 0) is 4.74 Å². The van der Waals surface area contributed by atoms with E-state index in [0.29, 0.717) is 11.6 Å². The van der Waals surface area contributed by atoms with Crippen LogP contribution in [0.5, 0.6) is 0 Å². The monoisotopic (exact) mass is 355 g/mol. The molecule has 4 rings (SSSR count). The maximum atomic E-state index is 12.7. The summed E-state index contributed by atoms with van der Waals surface area (Å²) in [5.74, 6) is 0.708. The molecular formula is C21H29N3O2. The van der Waals surface area contributed by atoms with Crippen molar-refractivity contribution in [2.45, 2.75) is 32.3 Å². The number of fused-ring (bicyclic) bond motifs is 1. The van der Waals surface area contributed by atoms with Crippen molar-refractivity contribution in [3.05, 3.63) is 36.0 Å². The molecule has 0 bridgehead atoms. The number of carbonyl (C=O) groups excluding carboxylic acids is 1. The van der Waals surface area contributed by atoms with E-state index in [9.17, 15) is 4.79 Å². The fraction of sp³-hybridized carbons (Fsp3) is 0.571. The van der Waals surface area contributed by atoms with Crippen LogP contribution in [0.1, 0.15) is 37.2 Å². The second-order valence-corrected chi connectivity index (χ2v) is 7.82. The van der Waals surface area contributed by atoms with E-state index in [1.807, 2.05) is 35.2 Å². The predicted molar refractivity (Wildman–Crippen MR) is 103 cm³/mol. The first kappa shape index (κ1) is 17.6. The SMILES string of the molecule is CCN(CC)CC1CCC2(CN(C(=O)c3cc4ccccc4[nH]3)C2)OC1. The van der Waals surface area contributed by atoms with Crippen LogP contribution in [0.2, 0.25) is 0 Å². The molecule has 140 valence electrons. The van der Waals surface area contributed by atoms with E-state index in [2.05, 4.69) is 23.7 Å². The minimum absolute atomic E-state index is 0.0840. The summed E-state index contributed by atoms with van der Waals surface area (Å²) in [7, 11) is 0. The topological polar surface area (TPSA) is 48.6 Å². The number of ether oxygens (including phenoxy) is 1. The Morgan fingerprint density at radius 1 is 1.31 bits per heavy atom. The van der Waals surface area contributed by atoms with Crippen molar-refractivity contribution >= 4 is 16.8 Å². The summed E-state index contributed by atoms with van der Waals surface area (Å²) in [6, 6.07) is 9.96. The molecule has 2 saturated heterocycles. The maximum Gasteiger partial charge on any atom is 0.270 e. The highest BCUT2D eigenvalue weighted by Gasteiger charge is 2.48. The number of hydrogen-bond donors (Lipinski definition) is 1. The predicted octanol–water partition coefficient (Wildman–Crippen LogP) is 3.13. The van der Waals surface area contributed by atoms with E-state index in [-0.39, 0.29) is 11.5 Å². The zero-order valence-electron chi connectivity index (χ0n) is 15.8. The Bertz CT molecular complexity index is 731. The van der Waals surface area contributed by atoms with Crippen LogP contribution in [0, 0.1) is 5.92 Å². The molecule has 1 N–H and O–H groups in total. The minimum atomic E-state index is -0.0958. The molecule has 1 spiro atoms. The van der Waals surface area contributed by atoms with Gasteiger partial charge in [0.15, 0.2) is 0 Å². The highest BCUT2D eigenvalue weighted by atomic mass is 16.5. The fourth-order valence-electron chi connectivity index (χ4n) is 4.31. The molecule has 2 aliphatic rings. The van der Waals surface area contributed by atoms with E-state index >= 15 is 0 Å². The standard InChI is InChI=1S/C21H29N3O2/c1-3-23(4-2)12-16-9-10-21(26-13-16)14-24(15-21)20(25)19-11-17-7-5-6-8-18(17)22-19/h5-8,11,16,22H,3-4,9-10,12-15H2,1-2H3. The van der Waals surface area contributed by atoms with E-state index in [4.69, 9.17) is 4.74 Å². The van der Waals surface area contributed by atoms with E-state index in [0.717, 1.165) is 56.7 Å². The average Bonchev–Trinajstić information content (AvgIpc) is 3.08. The summed E-state index contributed by atoms with van der Waals surface area (Å²) in [4.78, 5) is 20.4. The van der Waals surface area contributed by atoms with Gasteiger partial charge in [-0.05, 0) is 44.0 Å². The van der Waals surface area contributed by atoms with Gasteiger partial charge in [0.25, 0.3) is 5.91 Å². The van der Waals surface area contributed by atoms with Crippen molar-refractivity contribution in [1.29, 1.82) is 0 Å². The minimum Gasteiger partial charge on any atom is -0.371 e. The molecular weight excluding hydrogens is 326 g/mol. The van der Waals surface area contributed by atoms with Crippen molar-refractivity contribution < 1.29 is 9.53 Å². The number of rotatable bonds is 5. The summed E-state index contributed by atoms with van der Waals surface area (Å²) >= 11 is 0. The molecule has 2 aliphatic heterocycles. The lowest BCUT2D eigenvalue weighted by molar-refractivity contribution is -0.168. The average molecular weight is 355 g/mol. The van der Waals surface area contributed by atoms with Gasteiger partial charge in [-0.2, -0.15) is 0 Å². The van der Waals surface area contributed by atoms with Gasteiger partial charge in [-0.15, -0.1) is 0 Å². The Labute approximate surface area is 155 Å². The smallest absolute Gasteiger partial charge is 0.270 e. The van der Waals surface area contributed by atoms with Crippen LogP contribution in [-0.4, -0.2) is 65.6 Å². The van der Waals surface area contributed by atoms with Gasteiger partial charge in [-0.25, -0.2) is 0 Å². The molecule has 2 aromatic rings. The van der Waals surface area contributed by atoms with E-state index in [1.165, 1.54) is 6.42 Å².